The molecule has 1 saturated carbocycles. The minimum Gasteiger partial charge on any atom is -0.261 e. The molecule has 0 spiro atoms. The number of pyridine rings is 1. The molecule has 1 aromatic heterocycles. The Morgan fingerprint density at radius 2 is 1.94 bits per heavy atom. The van der Waals surface area contributed by atoms with E-state index in [0.29, 0.717) is 0 Å². The Kier molecular flexibility index (Phi) is 3.98. The summed E-state index contributed by atoms with van der Waals surface area (Å²) in [4.78, 5) is 4.41. The van der Waals surface area contributed by atoms with Crippen LogP contribution in [0.4, 0.5) is 0 Å². The summed E-state index contributed by atoms with van der Waals surface area (Å²) in [5.74, 6) is 1.78. The van der Waals surface area contributed by atoms with Crippen LogP contribution in [-0.2, 0) is 0 Å². The van der Waals surface area contributed by atoms with Gasteiger partial charge in [-0.05, 0) is 56.1 Å². The van der Waals surface area contributed by atoms with Gasteiger partial charge in [0.25, 0.3) is 0 Å². The molecule has 1 aromatic rings. The number of aromatic nitrogens is 1. The van der Waals surface area contributed by atoms with Gasteiger partial charge >= 0.3 is 0 Å². The van der Waals surface area contributed by atoms with Crippen molar-refractivity contribution in [2.45, 2.75) is 58.3 Å². The molecule has 1 heteroatoms. The summed E-state index contributed by atoms with van der Waals surface area (Å²) in [6.45, 7) is 4.36. The monoisotopic (exact) mass is 217 g/mol. The molecule has 1 nitrogen and oxygen atoms in total. The van der Waals surface area contributed by atoms with Gasteiger partial charge in [0, 0.05) is 11.9 Å². The van der Waals surface area contributed by atoms with E-state index in [0.717, 1.165) is 17.5 Å². The molecule has 0 unspecified atom stereocenters. The molecule has 0 atom stereocenters. The van der Waals surface area contributed by atoms with Crippen molar-refractivity contribution in [3.63, 3.8) is 0 Å². The summed E-state index contributed by atoms with van der Waals surface area (Å²) in [6, 6.07) is 4.42. The highest BCUT2D eigenvalue weighted by atomic mass is 14.7. The van der Waals surface area contributed by atoms with Crippen LogP contribution in [0.15, 0.2) is 18.3 Å². The average Bonchev–Trinajstić information content (AvgIpc) is 2.32. The maximum atomic E-state index is 4.41. The van der Waals surface area contributed by atoms with E-state index in [-0.39, 0.29) is 0 Å². The fraction of sp³-hybridized carbons (Fsp3) is 0.667. The van der Waals surface area contributed by atoms with E-state index in [1.165, 1.54) is 44.1 Å². The quantitative estimate of drug-likeness (QED) is 0.728. The van der Waals surface area contributed by atoms with Crippen LogP contribution >= 0.6 is 0 Å². The van der Waals surface area contributed by atoms with Gasteiger partial charge in [-0.3, -0.25) is 4.98 Å². The van der Waals surface area contributed by atoms with Crippen LogP contribution in [0.3, 0.4) is 0 Å². The minimum absolute atomic E-state index is 0.779. The first-order valence-electron chi connectivity index (χ1n) is 6.72. The van der Waals surface area contributed by atoms with Crippen LogP contribution in [0.1, 0.15) is 62.6 Å². The first-order valence-corrected chi connectivity index (χ1v) is 6.72. The van der Waals surface area contributed by atoms with E-state index < -0.39 is 0 Å². The zero-order valence-electron chi connectivity index (χ0n) is 10.6. The zero-order chi connectivity index (χ0) is 11.4. The van der Waals surface area contributed by atoms with Crippen molar-refractivity contribution in [3.05, 3.63) is 29.6 Å². The summed E-state index contributed by atoms with van der Waals surface area (Å²) >= 11 is 0. The Morgan fingerprint density at radius 3 is 2.50 bits per heavy atom. The Labute approximate surface area is 99.3 Å². The molecule has 1 heterocycles. The van der Waals surface area contributed by atoms with Gasteiger partial charge in [-0.2, -0.15) is 0 Å². The lowest BCUT2D eigenvalue weighted by molar-refractivity contribution is 0.308. The van der Waals surface area contributed by atoms with Crippen molar-refractivity contribution in [1.82, 2.24) is 4.98 Å². The number of rotatable bonds is 3. The molecule has 0 N–H and O–H groups in total. The molecule has 0 aliphatic heterocycles. The SMILES string of the molecule is CCCC1CCC(c2ccc(C)nc2)CC1. The number of aryl methyl sites for hydroxylation is 1. The van der Waals surface area contributed by atoms with Gasteiger partial charge in [-0.15, -0.1) is 0 Å². The largest absolute Gasteiger partial charge is 0.261 e. The minimum atomic E-state index is 0.779. The molecule has 0 aromatic carbocycles. The Hall–Kier alpha value is -0.850. The fourth-order valence-electron chi connectivity index (χ4n) is 2.91. The maximum absolute atomic E-state index is 4.41. The lowest BCUT2D eigenvalue weighted by atomic mass is 9.77. The van der Waals surface area contributed by atoms with Crippen LogP contribution in [0.5, 0.6) is 0 Å². The molecule has 0 saturated heterocycles. The van der Waals surface area contributed by atoms with Crippen molar-refractivity contribution >= 4 is 0 Å². The highest BCUT2D eigenvalue weighted by Crippen LogP contribution is 2.37. The fourth-order valence-corrected chi connectivity index (χ4v) is 2.91. The normalized spacial score (nSPS) is 25.6. The van der Waals surface area contributed by atoms with Crippen LogP contribution in [-0.4, -0.2) is 4.98 Å². The van der Waals surface area contributed by atoms with E-state index in [9.17, 15) is 0 Å². The summed E-state index contributed by atoms with van der Waals surface area (Å²) < 4.78 is 0. The number of hydrogen-bond donors (Lipinski definition) is 0. The van der Waals surface area contributed by atoms with Gasteiger partial charge < -0.3 is 0 Å². The standard InChI is InChI=1S/C15H23N/c1-3-4-13-6-9-14(10-7-13)15-8-5-12(2)16-11-15/h5,8,11,13-14H,3-4,6-7,9-10H2,1-2H3. The van der Waals surface area contributed by atoms with Gasteiger partial charge in [-0.1, -0.05) is 25.8 Å². The van der Waals surface area contributed by atoms with E-state index in [1.807, 2.05) is 0 Å². The molecule has 1 fully saturated rings. The van der Waals surface area contributed by atoms with E-state index in [1.54, 1.807) is 0 Å². The predicted molar refractivity (Wildman–Crippen MR) is 68.6 cm³/mol. The molecule has 88 valence electrons. The average molecular weight is 217 g/mol. The Morgan fingerprint density at radius 1 is 1.19 bits per heavy atom. The summed E-state index contributed by atoms with van der Waals surface area (Å²) in [5, 5.41) is 0. The van der Waals surface area contributed by atoms with Crippen molar-refractivity contribution in [3.8, 4) is 0 Å². The van der Waals surface area contributed by atoms with Crippen molar-refractivity contribution < 1.29 is 0 Å². The van der Waals surface area contributed by atoms with Gasteiger partial charge in [0.15, 0.2) is 0 Å². The Bertz CT molecular complexity index is 307. The van der Waals surface area contributed by atoms with Gasteiger partial charge in [0.2, 0.25) is 0 Å². The molecule has 16 heavy (non-hydrogen) atoms. The van der Waals surface area contributed by atoms with E-state index in [2.05, 4.69) is 37.2 Å². The highest BCUT2D eigenvalue weighted by Gasteiger charge is 2.21. The lowest BCUT2D eigenvalue weighted by Gasteiger charge is -2.28. The first kappa shape index (κ1) is 11.6. The second kappa shape index (κ2) is 5.47. The summed E-state index contributed by atoms with van der Waals surface area (Å²) in [5.41, 5.74) is 2.59. The van der Waals surface area contributed by atoms with Gasteiger partial charge in [0.1, 0.15) is 0 Å². The van der Waals surface area contributed by atoms with E-state index in [4.69, 9.17) is 0 Å². The second-order valence-electron chi connectivity index (χ2n) is 5.24. The molecule has 2 rings (SSSR count). The first-order chi connectivity index (χ1) is 7.79. The van der Waals surface area contributed by atoms with Crippen LogP contribution in [0, 0.1) is 12.8 Å². The van der Waals surface area contributed by atoms with Crippen molar-refractivity contribution in [2.75, 3.05) is 0 Å². The molecule has 0 bridgehead atoms. The molecule has 1 aliphatic rings. The number of nitrogens with zero attached hydrogens (tertiary/aromatic N) is 1. The van der Waals surface area contributed by atoms with Gasteiger partial charge in [0.05, 0.1) is 0 Å². The third-order valence-corrected chi connectivity index (χ3v) is 3.95. The Balaban J connectivity index is 1.91. The smallest absolute Gasteiger partial charge is 0.0372 e. The van der Waals surface area contributed by atoms with Crippen molar-refractivity contribution in [1.29, 1.82) is 0 Å². The van der Waals surface area contributed by atoms with Crippen LogP contribution in [0.25, 0.3) is 0 Å². The summed E-state index contributed by atoms with van der Waals surface area (Å²) in [7, 11) is 0. The van der Waals surface area contributed by atoms with Crippen LogP contribution < -0.4 is 0 Å². The van der Waals surface area contributed by atoms with Crippen molar-refractivity contribution in [2.24, 2.45) is 5.92 Å². The molecular weight excluding hydrogens is 194 g/mol. The lowest BCUT2D eigenvalue weighted by Crippen LogP contribution is -2.13. The third-order valence-electron chi connectivity index (χ3n) is 3.95. The molecule has 0 amide bonds. The predicted octanol–water partition coefficient (Wildman–Crippen LogP) is 4.46. The number of hydrogen-bond acceptors (Lipinski definition) is 1. The zero-order valence-corrected chi connectivity index (χ0v) is 10.6. The third kappa shape index (κ3) is 2.84. The molecule has 1 aliphatic carbocycles. The second-order valence-corrected chi connectivity index (χ2v) is 5.24. The molecule has 0 radical (unpaired) electrons. The molecular formula is C15H23N. The highest BCUT2D eigenvalue weighted by molar-refractivity contribution is 5.18. The maximum Gasteiger partial charge on any atom is 0.0372 e. The van der Waals surface area contributed by atoms with Gasteiger partial charge in [-0.25, -0.2) is 0 Å². The van der Waals surface area contributed by atoms with E-state index >= 15 is 0 Å². The van der Waals surface area contributed by atoms with Crippen LogP contribution in [0.2, 0.25) is 0 Å². The summed E-state index contributed by atoms with van der Waals surface area (Å²) in [6.07, 6.45) is 10.4. The topological polar surface area (TPSA) is 12.9 Å².